The zero-order valence-electron chi connectivity index (χ0n) is 22.0. The summed E-state index contributed by atoms with van der Waals surface area (Å²) in [6, 6.07) is 14.6. The first-order valence-corrected chi connectivity index (χ1v) is 13.4. The van der Waals surface area contributed by atoms with Crippen LogP contribution in [-0.4, -0.2) is 31.1 Å². The number of nitrogens with zero attached hydrogens (tertiary/aromatic N) is 2. The molecule has 0 aliphatic heterocycles. The van der Waals surface area contributed by atoms with Gasteiger partial charge >= 0.3 is 0 Å². The van der Waals surface area contributed by atoms with E-state index in [1.165, 1.54) is 0 Å². The number of benzene rings is 3. The second kappa shape index (κ2) is 9.07. The first-order valence-electron chi connectivity index (χ1n) is 13.0. The summed E-state index contributed by atoms with van der Waals surface area (Å²) >= 11 is 6.17. The van der Waals surface area contributed by atoms with Crippen molar-refractivity contribution >= 4 is 39.3 Å². The molecule has 7 nitrogen and oxygen atoms in total. The maximum absolute atomic E-state index is 13.5. The monoisotopic (exact) mass is 540 g/mol. The van der Waals surface area contributed by atoms with Gasteiger partial charge in [0.1, 0.15) is 6.33 Å². The third-order valence-corrected chi connectivity index (χ3v) is 8.42. The van der Waals surface area contributed by atoms with Crippen molar-refractivity contribution in [2.75, 3.05) is 0 Å². The first-order chi connectivity index (χ1) is 18.5. The van der Waals surface area contributed by atoms with Crippen molar-refractivity contribution in [1.29, 1.82) is 0 Å². The fourth-order valence-electron chi connectivity index (χ4n) is 6.02. The van der Waals surface area contributed by atoms with E-state index in [1.54, 1.807) is 35.2 Å². The number of aliphatic hydroxyl groups is 1. The third kappa shape index (κ3) is 4.13. The number of rotatable bonds is 4. The van der Waals surface area contributed by atoms with Gasteiger partial charge in [-0.1, -0.05) is 29.8 Å². The molecule has 1 amide bonds. The lowest BCUT2D eigenvalue weighted by Crippen LogP contribution is -2.34. The molecule has 3 aromatic carbocycles. The summed E-state index contributed by atoms with van der Waals surface area (Å²) in [5.41, 5.74) is 12.2. The van der Waals surface area contributed by atoms with Gasteiger partial charge in [-0.25, -0.2) is 4.98 Å². The van der Waals surface area contributed by atoms with Crippen molar-refractivity contribution in [2.24, 2.45) is 11.7 Å². The number of primary amides is 1. The average molecular weight is 541 g/mol. The predicted octanol–water partition coefficient (Wildman–Crippen LogP) is 5.47. The van der Waals surface area contributed by atoms with E-state index in [-0.39, 0.29) is 11.5 Å². The summed E-state index contributed by atoms with van der Waals surface area (Å²) in [7, 11) is 0. The maximum Gasteiger partial charge on any atom is 0.265 e. The van der Waals surface area contributed by atoms with Crippen molar-refractivity contribution in [2.45, 2.75) is 45.6 Å². The molecule has 0 fully saturated rings. The number of aromatic amines is 1. The van der Waals surface area contributed by atoms with Crippen LogP contribution in [0.1, 0.15) is 47.4 Å². The number of hydrogen-bond acceptors (Lipinski definition) is 4. The van der Waals surface area contributed by atoms with E-state index in [2.05, 4.69) is 9.97 Å². The molecule has 1 aliphatic carbocycles. The SMILES string of the molecule is Cc1c(-c2ccc(C(N)=O)c3[nH]c4c(c23)CCC(C(C)(C)O)C4)cccc1-n1cnc2ccc(Cl)cc2c1=O. The highest BCUT2D eigenvalue weighted by molar-refractivity contribution is 6.31. The Labute approximate surface area is 230 Å². The van der Waals surface area contributed by atoms with Gasteiger partial charge in [0.15, 0.2) is 0 Å². The normalized spacial score (nSPS) is 15.6. The highest BCUT2D eigenvalue weighted by Crippen LogP contribution is 2.42. The molecule has 0 saturated heterocycles. The Balaban J connectivity index is 1.57. The predicted molar refractivity (Wildman–Crippen MR) is 155 cm³/mol. The lowest BCUT2D eigenvalue weighted by Gasteiger charge is -2.32. The smallest absolute Gasteiger partial charge is 0.265 e. The first kappa shape index (κ1) is 25.3. The van der Waals surface area contributed by atoms with Gasteiger partial charge in [-0.3, -0.25) is 14.2 Å². The van der Waals surface area contributed by atoms with Crippen LogP contribution in [0, 0.1) is 12.8 Å². The lowest BCUT2D eigenvalue weighted by molar-refractivity contribution is 0.0107. The Hall–Kier alpha value is -3.94. The second-order valence-corrected chi connectivity index (χ2v) is 11.4. The molecule has 39 heavy (non-hydrogen) atoms. The number of carbonyl (C=O) groups is 1. The topological polar surface area (TPSA) is 114 Å². The summed E-state index contributed by atoms with van der Waals surface area (Å²) < 4.78 is 1.55. The minimum absolute atomic E-state index is 0.101. The molecule has 1 aliphatic rings. The molecule has 1 atom stereocenters. The van der Waals surface area contributed by atoms with E-state index in [4.69, 9.17) is 17.3 Å². The standard InChI is InChI=1S/C31H29ClN4O3/c1-16-19(5-4-6-26(16)36-15-34-24-12-8-18(32)14-23(24)30(36)38)20-10-11-22(29(33)37)28-27(20)21-9-7-17(31(2,3)39)13-25(21)35-28/h4-6,8,10-12,14-15,17,35,39H,7,9,13H2,1-3H3,(H2,33,37). The van der Waals surface area contributed by atoms with Crippen molar-refractivity contribution < 1.29 is 9.90 Å². The summed E-state index contributed by atoms with van der Waals surface area (Å²) in [4.78, 5) is 33.8. The molecule has 0 radical (unpaired) electrons. The number of nitrogens with two attached hydrogens (primary N) is 1. The van der Waals surface area contributed by atoms with Gasteiger partial charge in [-0.2, -0.15) is 0 Å². The molecule has 2 aromatic heterocycles. The van der Waals surface area contributed by atoms with Crippen LogP contribution in [0.15, 0.2) is 59.7 Å². The van der Waals surface area contributed by atoms with Crippen LogP contribution in [0.2, 0.25) is 5.02 Å². The van der Waals surface area contributed by atoms with E-state index < -0.39 is 11.5 Å². The van der Waals surface area contributed by atoms with Crippen LogP contribution in [0.4, 0.5) is 0 Å². The molecule has 2 heterocycles. The zero-order chi connectivity index (χ0) is 27.6. The number of H-pyrrole nitrogens is 1. The lowest BCUT2D eigenvalue weighted by atomic mass is 9.77. The highest BCUT2D eigenvalue weighted by Gasteiger charge is 2.33. The van der Waals surface area contributed by atoms with E-state index in [0.29, 0.717) is 39.1 Å². The number of halogens is 1. The molecule has 4 N–H and O–H groups in total. The molecule has 6 rings (SSSR count). The minimum Gasteiger partial charge on any atom is -0.390 e. The summed E-state index contributed by atoms with van der Waals surface area (Å²) in [5.74, 6) is -0.397. The molecule has 0 spiro atoms. The van der Waals surface area contributed by atoms with Gasteiger partial charge in [0.05, 0.1) is 33.3 Å². The molecule has 1 unspecified atom stereocenters. The quantitative estimate of drug-likeness (QED) is 0.280. The van der Waals surface area contributed by atoms with Crippen LogP contribution < -0.4 is 11.3 Å². The maximum atomic E-state index is 13.5. The molecular weight excluding hydrogens is 512 g/mol. The van der Waals surface area contributed by atoms with E-state index >= 15 is 0 Å². The third-order valence-electron chi connectivity index (χ3n) is 8.18. The van der Waals surface area contributed by atoms with Gasteiger partial charge in [0.25, 0.3) is 11.5 Å². The average Bonchev–Trinajstić information content (AvgIpc) is 3.28. The number of amides is 1. The highest BCUT2D eigenvalue weighted by atomic mass is 35.5. The van der Waals surface area contributed by atoms with Crippen LogP contribution in [0.3, 0.4) is 0 Å². The van der Waals surface area contributed by atoms with Crippen LogP contribution in [-0.2, 0) is 12.8 Å². The van der Waals surface area contributed by atoms with Crippen molar-refractivity contribution in [1.82, 2.24) is 14.5 Å². The van der Waals surface area contributed by atoms with Crippen molar-refractivity contribution in [3.63, 3.8) is 0 Å². The van der Waals surface area contributed by atoms with Crippen molar-refractivity contribution in [3.05, 3.63) is 92.6 Å². The number of nitrogens with one attached hydrogen (secondary N) is 1. The zero-order valence-corrected chi connectivity index (χ0v) is 22.8. The number of fused-ring (bicyclic) bond motifs is 4. The Kier molecular flexibility index (Phi) is 5.90. The largest absolute Gasteiger partial charge is 0.390 e. The Morgan fingerprint density at radius 3 is 2.72 bits per heavy atom. The molecular formula is C31H29ClN4O3. The Bertz CT molecular complexity index is 1860. The molecule has 0 bridgehead atoms. The Morgan fingerprint density at radius 1 is 1.18 bits per heavy atom. The van der Waals surface area contributed by atoms with Gasteiger partial charge in [0.2, 0.25) is 0 Å². The summed E-state index contributed by atoms with van der Waals surface area (Å²) in [5, 5.41) is 12.6. The number of hydrogen-bond donors (Lipinski definition) is 3. The summed E-state index contributed by atoms with van der Waals surface area (Å²) in [6.07, 6.45) is 3.84. The van der Waals surface area contributed by atoms with Gasteiger partial charge in [0, 0.05) is 16.1 Å². The van der Waals surface area contributed by atoms with Crippen LogP contribution in [0.25, 0.3) is 38.6 Å². The Morgan fingerprint density at radius 2 is 1.97 bits per heavy atom. The molecule has 5 aromatic rings. The van der Waals surface area contributed by atoms with E-state index in [1.807, 2.05) is 45.0 Å². The summed E-state index contributed by atoms with van der Waals surface area (Å²) in [6.45, 7) is 5.67. The van der Waals surface area contributed by atoms with Gasteiger partial charge in [-0.05, 0) is 98.5 Å². The number of carbonyl (C=O) groups excluding carboxylic acids is 1. The molecule has 0 saturated carbocycles. The molecule has 8 heteroatoms. The fraction of sp³-hybridized carbons (Fsp3) is 0.258. The van der Waals surface area contributed by atoms with Gasteiger partial charge < -0.3 is 15.8 Å². The number of aryl methyl sites for hydroxylation is 1. The minimum atomic E-state index is -0.805. The number of aromatic nitrogens is 3. The fourth-order valence-corrected chi connectivity index (χ4v) is 6.19. The molecule has 198 valence electrons. The second-order valence-electron chi connectivity index (χ2n) is 11.0. The van der Waals surface area contributed by atoms with E-state index in [9.17, 15) is 14.7 Å². The van der Waals surface area contributed by atoms with E-state index in [0.717, 1.165) is 46.2 Å². The van der Waals surface area contributed by atoms with Crippen LogP contribution >= 0.6 is 11.6 Å². The van der Waals surface area contributed by atoms with Gasteiger partial charge in [-0.15, -0.1) is 0 Å². The van der Waals surface area contributed by atoms with Crippen molar-refractivity contribution in [3.8, 4) is 16.8 Å². The van der Waals surface area contributed by atoms with Crippen LogP contribution in [0.5, 0.6) is 0 Å².